The molecular formula is C28H33N3O7. The molecule has 1 atom stereocenters. The first kappa shape index (κ1) is 27.0. The molecule has 202 valence electrons. The Hall–Kier alpha value is -4.08. The molecule has 1 fully saturated rings. The van der Waals surface area contributed by atoms with E-state index in [-0.39, 0.29) is 30.7 Å². The van der Waals surface area contributed by atoms with Crippen LogP contribution in [0.25, 0.3) is 0 Å². The van der Waals surface area contributed by atoms with Gasteiger partial charge in [-0.25, -0.2) is 4.79 Å². The van der Waals surface area contributed by atoms with Gasteiger partial charge in [0.15, 0.2) is 11.5 Å². The highest BCUT2D eigenvalue weighted by molar-refractivity contribution is 6.07. The first-order valence-electron chi connectivity index (χ1n) is 12.8. The first-order valence-corrected chi connectivity index (χ1v) is 12.8. The van der Waals surface area contributed by atoms with Crippen LogP contribution in [-0.4, -0.2) is 42.3 Å². The predicted octanol–water partition coefficient (Wildman–Crippen LogP) is 3.76. The smallest absolute Gasteiger partial charge is 0.334 e. The number of nitrogens with zero attached hydrogens (tertiary/aromatic N) is 1. The van der Waals surface area contributed by atoms with Crippen LogP contribution in [0.4, 0.5) is 5.69 Å². The highest BCUT2D eigenvalue weighted by atomic mass is 16.7. The van der Waals surface area contributed by atoms with Gasteiger partial charge >= 0.3 is 5.97 Å². The summed E-state index contributed by atoms with van der Waals surface area (Å²) in [6.07, 6.45) is 1.52. The number of benzene rings is 2. The van der Waals surface area contributed by atoms with Crippen LogP contribution in [0.1, 0.15) is 67.6 Å². The van der Waals surface area contributed by atoms with E-state index in [2.05, 4.69) is 10.8 Å². The molecule has 3 amide bonds. The Morgan fingerprint density at radius 1 is 1.11 bits per heavy atom. The molecule has 0 radical (unpaired) electrons. The van der Waals surface area contributed by atoms with Crippen LogP contribution >= 0.6 is 0 Å². The van der Waals surface area contributed by atoms with Crippen molar-refractivity contribution in [3.8, 4) is 11.5 Å². The number of carbonyl (C=O) groups is 4. The second kappa shape index (κ2) is 11.5. The van der Waals surface area contributed by atoms with E-state index < -0.39 is 23.8 Å². The van der Waals surface area contributed by atoms with Crippen LogP contribution in [0.2, 0.25) is 0 Å². The molecule has 0 saturated heterocycles. The molecule has 2 N–H and O–H groups in total. The Morgan fingerprint density at radius 2 is 1.87 bits per heavy atom. The molecule has 4 rings (SSSR count). The zero-order valence-electron chi connectivity index (χ0n) is 22.0. The number of hydrogen-bond acceptors (Lipinski definition) is 7. The summed E-state index contributed by atoms with van der Waals surface area (Å²) in [5.74, 6) is -0.972. The number of nitrogens with one attached hydrogen (secondary N) is 2. The molecule has 0 unspecified atom stereocenters. The quantitative estimate of drug-likeness (QED) is 0.455. The fourth-order valence-electron chi connectivity index (χ4n) is 4.34. The minimum atomic E-state index is -0.718. The Kier molecular flexibility index (Phi) is 8.19. The van der Waals surface area contributed by atoms with Crippen LogP contribution < -0.4 is 20.3 Å². The normalized spacial score (nSPS) is 15.1. The van der Waals surface area contributed by atoms with Gasteiger partial charge in [-0.05, 0) is 49.1 Å². The third-order valence-corrected chi connectivity index (χ3v) is 6.54. The maximum atomic E-state index is 13.8. The van der Waals surface area contributed by atoms with Crippen molar-refractivity contribution in [1.29, 1.82) is 0 Å². The molecule has 1 saturated carbocycles. The predicted molar refractivity (Wildman–Crippen MR) is 138 cm³/mol. The van der Waals surface area contributed by atoms with Crippen LogP contribution in [0.15, 0.2) is 36.4 Å². The Morgan fingerprint density at radius 3 is 2.53 bits per heavy atom. The Labute approximate surface area is 221 Å². The summed E-state index contributed by atoms with van der Waals surface area (Å²) in [4.78, 5) is 57.4. The van der Waals surface area contributed by atoms with Crippen LogP contribution in [-0.2, 0) is 25.8 Å². The lowest BCUT2D eigenvalue weighted by molar-refractivity contribution is -0.161. The van der Waals surface area contributed by atoms with Gasteiger partial charge in [-0.2, -0.15) is 5.48 Å². The van der Waals surface area contributed by atoms with Crippen molar-refractivity contribution >= 4 is 29.4 Å². The lowest BCUT2D eigenvalue weighted by atomic mass is 10.0. The van der Waals surface area contributed by atoms with E-state index in [9.17, 15) is 19.2 Å². The molecule has 0 spiro atoms. The van der Waals surface area contributed by atoms with E-state index in [0.717, 1.165) is 18.4 Å². The topological polar surface area (TPSA) is 123 Å². The number of hydrogen-bond donors (Lipinski definition) is 2. The molecule has 1 heterocycles. The summed E-state index contributed by atoms with van der Waals surface area (Å²) in [6, 6.07) is 9.86. The molecule has 2 aliphatic rings. The molecule has 1 aliphatic carbocycles. The SMILES string of the molecule is CCOc1cc([C@@H](CC(=O)NOC(=O)C(C)C)N2Cc3cccc(NC(=O)C4CC4)c3C2=O)ccc1OC. The van der Waals surface area contributed by atoms with Crippen molar-refractivity contribution in [2.24, 2.45) is 11.8 Å². The average molecular weight is 524 g/mol. The summed E-state index contributed by atoms with van der Waals surface area (Å²) in [5, 5.41) is 2.90. The number of hydroxylamine groups is 1. The highest BCUT2D eigenvalue weighted by Crippen LogP contribution is 2.40. The van der Waals surface area contributed by atoms with E-state index >= 15 is 0 Å². The van der Waals surface area contributed by atoms with E-state index in [1.54, 1.807) is 49.1 Å². The number of anilines is 1. The number of methoxy groups -OCH3 is 1. The molecule has 2 aromatic rings. The second-order valence-electron chi connectivity index (χ2n) is 9.70. The summed E-state index contributed by atoms with van der Waals surface area (Å²) >= 11 is 0. The monoisotopic (exact) mass is 523 g/mol. The summed E-state index contributed by atoms with van der Waals surface area (Å²) in [6.45, 7) is 5.79. The van der Waals surface area contributed by atoms with Gasteiger partial charge in [-0.15, -0.1) is 0 Å². The Bertz CT molecular complexity index is 1240. The standard InChI is InChI=1S/C28H33N3O7/c1-5-37-23-13-18(11-12-22(23)36-4)21(14-24(32)30-38-28(35)16(2)3)31-15-19-7-6-8-20(25(19)27(31)34)29-26(33)17-9-10-17/h6-8,11-13,16-17,21H,5,9-10,14-15H2,1-4H3,(H,29,33)(H,30,32)/t21-/m1/s1. The maximum absolute atomic E-state index is 13.8. The molecule has 10 nitrogen and oxygen atoms in total. The Balaban J connectivity index is 1.64. The molecule has 0 aromatic heterocycles. The maximum Gasteiger partial charge on any atom is 0.334 e. The summed E-state index contributed by atoms with van der Waals surface area (Å²) < 4.78 is 11.1. The van der Waals surface area contributed by atoms with Crippen LogP contribution in [0, 0.1) is 11.8 Å². The van der Waals surface area contributed by atoms with Gasteiger partial charge in [0.05, 0.1) is 43.3 Å². The van der Waals surface area contributed by atoms with Gasteiger partial charge in [-0.3, -0.25) is 14.4 Å². The largest absolute Gasteiger partial charge is 0.493 e. The van der Waals surface area contributed by atoms with Crippen molar-refractivity contribution < 1.29 is 33.5 Å². The zero-order valence-corrected chi connectivity index (χ0v) is 22.0. The van der Waals surface area contributed by atoms with Gasteiger partial charge in [-0.1, -0.05) is 32.0 Å². The number of amides is 3. The number of ether oxygens (including phenoxy) is 2. The fraction of sp³-hybridized carbons (Fsp3) is 0.429. The van der Waals surface area contributed by atoms with Gasteiger partial charge in [0.25, 0.3) is 11.8 Å². The van der Waals surface area contributed by atoms with Gasteiger partial charge in [0.2, 0.25) is 5.91 Å². The molecule has 1 aliphatic heterocycles. The second-order valence-corrected chi connectivity index (χ2v) is 9.70. The fourth-order valence-corrected chi connectivity index (χ4v) is 4.34. The van der Waals surface area contributed by atoms with Gasteiger partial charge < -0.3 is 24.5 Å². The van der Waals surface area contributed by atoms with E-state index in [1.165, 1.54) is 7.11 Å². The lowest BCUT2D eigenvalue weighted by Crippen LogP contribution is -2.35. The van der Waals surface area contributed by atoms with Crippen LogP contribution in [0.3, 0.4) is 0 Å². The number of fused-ring (bicyclic) bond motifs is 1. The van der Waals surface area contributed by atoms with Crippen LogP contribution in [0.5, 0.6) is 11.5 Å². The van der Waals surface area contributed by atoms with E-state index in [0.29, 0.717) is 34.9 Å². The van der Waals surface area contributed by atoms with E-state index in [1.807, 2.05) is 13.0 Å². The third kappa shape index (κ3) is 5.90. The van der Waals surface area contributed by atoms with Crippen molar-refractivity contribution in [3.63, 3.8) is 0 Å². The molecular weight excluding hydrogens is 490 g/mol. The van der Waals surface area contributed by atoms with Crippen molar-refractivity contribution in [1.82, 2.24) is 10.4 Å². The number of carbonyl (C=O) groups excluding carboxylic acids is 4. The van der Waals surface area contributed by atoms with E-state index in [4.69, 9.17) is 14.3 Å². The third-order valence-electron chi connectivity index (χ3n) is 6.54. The van der Waals surface area contributed by atoms with Crippen molar-refractivity contribution in [2.75, 3.05) is 19.0 Å². The molecule has 38 heavy (non-hydrogen) atoms. The number of rotatable bonds is 10. The van der Waals surface area contributed by atoms with Gasteiger partial charge in [0, 0.05) is 12.5 Å². The minimum absolute atomic E-state index is 0.0141. The molecule has 10 heteroatoms. The summed E-state index contributed by atoms with van der Waals surface area (Å²) in [5.41, 5.74) is 4.47. The minimum Gasteiger partial charge on any atom is -0.493 e. The first-order chi connectivity index (χ1) is 18.2. The highest BCUT2D eigenvalue weighted by Gasteiger charge is 2.38. The van der Waals surface area contributed by atoms with Gasteiger partial charge in [0.1, 0.15) is 0 Å². The van der Waals surface area contributed by atoms with Crippen molar-refractivity contribution in [2.45, 2.75) is 52.6 Å². The average Bonchev–Trinajstić information content (AvgIpc) is 3.70. The molecule has 0 bridgehead atoms. The lowest BCUT2D eigenvalue weighted by Gasteiger charge is -2.28. The zero-order chi connectivity index (χ0) is 27.4. The summed E-state index contributed by atoms with van der Waals surface area (Å²) in [7, 11) is 1.53. The molecule has 2 aromatic carbocycles. The van der Waals surface area contributed by atoms with Crippen molar-refractivity contribution in [3.05, 3.63) is 53.1 Å².